The summed E-state index contributed by atoms with van der Waals surface area (Å²) in [6.45, 7) is 3.87. The fraction of sp³-hybridized carbons (Fsp3) is 0.125. The van der Waals surface area contributed by atoms with Crippen LogP contribution in [0, 0.1) is 24.0 Å². The number of aromatic nitrogens is 1. The Morgan fingerprint density at radius 3 is 2.42 bits per heavy atom. The summed E-state index contributed by atoms with van der Waals surface area (Å²) in [4.78, 5) is 10.4. The van der Waals surface area contributed by atoms with Gasteiger partial charge in [0.2, 0.25) is 0 Å². The number of alkyl halides is 3. The first kappa shape index (κ1) is 22.1. The van der Waals surface area contributed by atoms with Gasteiger partial charge < -0.3 is 4.57 Å². The second-order valence-electron chi connectivity index (χ2n) is 7.55. The van der Waals surface area contributed by atoms with Crippen LogP contribution in [-0.2, 0) is 6.18 Å². The average molecular weight is 452 g/mol. The Morgan fingerprint density at radius 2 is 1.73 bits per heavy atom. The van der Waals surface area contributed by atoms with E-state index in [0.29, 0.717) is 6.07 Å². The van der Waals surface area contributed by atoms with E-state index in [0.717, 1.165) is 45.5 Å². The molecule has 9 heteroatoms. The SMILES string of the molecule is Cc1cc(/C=N\Nc2ccc(C(F)(F)F)cc2[N+](=O)[O-])c(C)n1-c1ccc2ccccc2c1. The van der Waals surface area contributed by atoms with Gasteiger partial charge in [-0.05, 0) is 55.0 Å². The first-order valence-electron chi connectivity index (χ1n) is 9.98. The van der Waals surface area contributed by atoms with Gasteiger partial charge in [0.1, 0.15) is 5.69 Å². The highest BCUT2D eigenvalue weighted by atomic mass is 19.4. The van der Waals surface area contributed by atoms with Crippen LogP contribution in [0.5, 0.6) is 0 Å². The number of nitrogens with zero attached hydrogens (tertiary/aromatic N) is 3. The first-order chi connectivity index (χ1) is 15.6. The molecule has 6 nitrogen and oxygen atoms in total. The summed E-state index contributed by atoms with van der Waals surface area (Å²) in [6, 6.07) is 18.4. The molecule has 4 aromatic rings. The minimum atomic E-state index is -4.67. The van der Waals surface area contributed by atoms with E-state index >= 15 is 0 Å². The number of benzene rings is 3. The molecule has 4 rings (SSSR count). The summed E-state index contributed by atoms with van der Waals surface area (Å²) in [5.41, 5.74) is 4.17. The zero-order chi connectivity index (χ0) is 23.8. The molecule has 0 aliphatic rings. The van der Waals surface area contributed by atoms with Gasteiger partial charge in [0.05, 0.1) is 16.7 Å². The third-order valence-corrected chi connectivity index (χ3v) is 5.37. The fourth-order valence-electron chi connectivity index (χ4n) is 3.76. The number of aryl methyl sites for hydroxylation is 1. The number of nitrogens with one attached hydrogen (secondary N) is 1. The topological polar surface area (TPSA) is 72.5 Å². The molecule has 0 atom stereocenters. The monoisotopic (exact) mass is 452 g/mol. The van der Waals surface area contributed by atoms with Crippen LogP contribution in [-0.4, -0.2) is 15.7 Å². The van der Waals surface area contributed by atoms with Gasteiger partial charge in [-0.3, -0.25) is 15.5 Å². The molecule has 33 heavy (non-hydrogen) atoms. The first-order valence-corrected chi connectivity index (χ1v) is 9.98. The molecule has 0 radical (unpaired) electrons. The van der Waals surface area contributed by atoms with E-state index < -0.39 is 22.4 Å². The van der Waals surface area contributed by atoms with Gasteiger partial charge in [-0.2, -0.15) is 18.3 Å². The Balaban J connectivity index is 1.62. The van der Waals surface area contributed by atoms with Crippen LogP contribution in [0.2, 0.25) is 0 Å². The maximum Gasteiger partial charge on any atom is 0.416 e. The molecule has 168 valence electrons. The highest BCUT2D eigenvalue weighted by Gasteiger charge is 2.33. The number of nitro groups is 1. The zero-order valence-electron chi connectivity index (χ0n) is 17.7. The largest absolute Gasteiger partial charge is 0.416 e. The van der Waals surface area contributed by atoms with Crippen molar-refractivity contribution < 1.29 is 18.1 Å². The summed E-state index contributed by atoms with van der Waals surface area (Å²) in [7, 11) is 0. The molecule has 0 bridgehead atoms. The van der Waals surface area contributed by atoms with E-state index in [2.05, 4.69) is 21.2 Å². The highest BCUT2D eigenvalue weighted by molar-refractivity contribution is 5.86. The Labute approximate surface area is 187 Å². The molecule has 0 aliphatic carbocycles. The van der Waals surface area contributed by atoms with E-state index in [-0.39, 0.29) is 5.69 Å². The molecule has 1 N–H and O–H groups in total. The van der Waals surface area contributed by atoms with Crippen LogP contribution in [0.4, 0.5) is 24.5 Å². The number of hydrogen-bond acceptors (Lipinski definition) is 4. The smallest absolute Gasteiger partial charge is 0.318 e. The molecular formula is C24H19F3N4O2. The quantitative estimate of drug-likeness (QED) is 0.210. The van der Waals surface area contributed by atoms with Crippen molar-refractivity contribution in [3.05, 3.63) is 99.4 Å². The van der Waals surface area contributed by atoms with E-state index in [1.54, 1.807) is 0 Å². The standard InChI is InChI=1S/C24H19F3N4O2/c1-15-11-19(16(2)30(15)21-9-7-17-5-3-4-6-18(17)12-21)14-28-29-22-10-8-20(24(25,26)27)13-23(22)31(32)33/h3-14,29H,1-2H3/b28-14-. The van der Waals surface area contributed by atoms with Gasteiger partial charge in [0.15, 0.2) is 0 Å². The second kappa shape index (κ2) is 8.42. The number of fused-ring (bicyclic) bond motifs is 1. The van der Waals surface area contributed by atoms with Crippen LogP contribution in [0.1, 0.15) is 22.5 Å². The average Bonchev–Trinajstić information content (AvgIpc) is 3.05. The van der Waals surface area contributed by atoms with Crippen molar-refractivity contribution in [1.29, 1.82) is 0 Å². The molecule has 0 unspecified atom stereocenters. The van der Waals surface area contributed by atoms with Gasteiger partial charge in [-0.1, -0.05) is 30.3 Å². The molecule has 0 spiro atoms. The summed E-state index contributed by atoms with van der Waals surface area (Å²) < 4.78 is 40.7. The van der Waals surface area contributed by atoms with Crippen molar-refractivity contribution in [3.8, 4) is 5.69 Å². The maximum atomic E-state index is 12.9. The molecule has 0 aliphatic heterocycles. The summed E-state index contributed by atoms with van der Waals surface area (Å²) >= 11 is 0. The van der Waals surface area contributed by atoms with Gasteiger partial charge in [0.25, 0.3) is 5.69 Å². The third kappa shape index (κ3) is 4.43. The van der Waals surface area contributed by atoms with E-state index in [9.17, 15) is 23.3 Å². The predicted octanol–water partition coefficient (Wildman–Crippen LogP) is 6.62. The van der Waals surface area contributed by atoms with Crippen LogP contribution in [0.3, 0.4) is 0 Å². The predicted molar refractivity (Wildman–Crippen MR) is 122 cm³/mol. The lowest BCUT2D eigenvalue weighted by Crippen LogP contribution is -2.06. The fourth-order valence-corrected chi connectivity index (χ4v) is 3.76. The number of hydrogen-bond donors (Lipinski definition) is 1. The molecule has 0 saturated heterocycles. The number of rotatable bonds is 5. The van der Waals surface area contributed by atoms with Crippen molar-refractivity contribution in [2.24, 2.45) is 5.10 Å². The summed E-state index contributed by atoms with van der Waals surface area (Å²) in [5, 5.41) is 17.5. The van der Waals surface area contributed by atoms with Crippen molar-refractivity contribution >= 4 is 28.4 Å². The number of hydrazone groups is 1. The van der Waals surface area contributed by atoms with Gasteiger partial charge in [0, 0.05) is 28.7 Å². The summed E-state index contributed by atoms with van der Waals surface area (Å²) in [6.07, 6.45) is -3.19. The van der Waals surface area contributed by atoms with Crippen molar-refractivity contribution in [2.75, 3.05) is 5.43 Å². The molecule has 0 saturated carbocycles. The maximum absolute atomic E-state index is 12.9. The lowest BCUT2D eigenvalue weighted by Gasteiger charge is -2.11. The number of nitro benzene ring substituents is 1. The molecule has 1 heterocycles. The highest BCUT2D eigenvalue weighted by Crippen LogP contribution is 2.35. The normalized spacial score (nSPS) is 11.9. The summed E-state index contributed by atoms with van der Waals surface area (Å²) in [5.74, 6) is 0. The van der Waals surface area contributed by atoms with Gasteiger partial charge in [-0.25, -0.2) is 0 Å². The van der Waals surface area contributed by atoms with Gasteiger partial charge >= 0.3 is 6.18 Å². The van der Waals surface area contributed by atoms with Crippen LogP contribution in [0.15, 0.2) is 71.8 Å². The molecule has 1 aromatic heterocycles. The molecule has 0 amide bonds. The van der Waals surface area contributed by atoms with Gasteiger partial charge in [-0.15, -0.1) is 0 Å². The Morgan fingerprint density at radius 1 is 1.00 bits per heavy atom. The van der Waals surface area contributed by atoms with E-state index in [1.807, 2.05) is 56.3 Å². The lowest BCUT2D eigenvalue weighted by atomic mass is 10.1. The minimum Gasteiger partial charge on any atom is -0.318 e. The van der Waals surface area contributed by atoms with E-state index in [1.165, 1.54) is 6.21 Å². The van der Waals surface area contributed by atoms with Crippen molar-refractivity contribution in [1.82, 2.24) is 4.57 Å². The second-order valence-corrected chi connectivity index (χ2v) is 7.55. The van der Waals surface area contributed by atoms with Crippen molar-refractivity contribution in [2.45, 2.75) is 20.0 Å². The minimum absolute atomic E-state index is 0.132. The number of halogens is 3. The molecule has 0 fully saturated rings. The number of anilines is 1. The Bertz CT molecular complexity index is 1390. The Hall–Kier alpha value is -4.14. The molecule has 3 aromatic carbocycles. The zero-order valence-corrected chi connectivity index (χ0v) is 17.7. The van der Waals surface area contributed by atoms with E-state index in [4.69, 9.17) is 0 Å². The third-order valence-electron chi connectivity index (χ3n) is 5.37. The molecular weight excluding hydrogens is 433 g/mol. The lowest BCUT2D eigenvalue weighted by molar-refractivity contribution is -0.384. The van der Waals surface area contributed by atoms with Crippen molar-refractivity contribution in [3.63, 3.8) is 0 Å². The van der Waals surface area contributed by atoms with Crippen LogP contribution < -0.4 is 5.43 Å². The Kier molecular flexibility index (Phi) is 5.63. The van der Waals surface area contributed by atoms with Crippen LogP contribution >= 0.6 is 0 Å². The van der Waals surface area contributed by atoms with Crippen LogP contribution in [0.25, 0.3) is 16.5 Å².